The van der Waals surface area contributed by atoms with Crippen LogP contribution in [0.1, 0.15) is 12.8 Å². The summed E-state index contributed by atoms with van der Waals surface area (Å²) in [7, 11) is -1.15. The largest absolute Gasteiger partial charge is 0.382 e. The minimum absolute atomic E-state index is 0.229. The highest BCUT2D eigenvalue weighted by Gasteiger charge is 2.20. The molecule has 0 saturated carbocycles. The van der Waals surface area contributed by atoms with Gasteiger partial charge in [-0.2, -0.15) is 0 Å². The maximum atomic E-state index is 13.9. The quantitative estimate of drug-likeness (QED) is 0.244. The van der Waals surface area contributed by atoms with Crippen LogP contribution in [-0.2, 0) is 9.47 Å². The molecular formula is C22H32FN7O2Si. The van der Waals surface area contributed by atoms with Crippen molar-refractivity contribution in [1.82, 2.24) is 19.4 Å². The molecule has 1 saturated heterocycles. The van der Waals surface area contributed by atoms with Crippen LogP contribution >= 0.6 is 0 Å². The van der Waals surface area contributed by atoms with Crippen LogP contribution in [0.3, 0.4) is 0 Å². The number of anilines is 3. The van der Waals surface area contributed by atoms with E-state index in [1.54, 1.807) is 16.7 Å². The first-order valence-electron chi connectivity index (χ1n) is 11.3. The summed E-state index contributed by atoms with van der Waals surface area (Å²) in [6.45, 7) is 9.46. The molecule has 0 spiro atoms. The lowest BCUT2D eigenvalue weighted by molar-refractivity contribution is 0.0904. The Morgan fingerprint density at radius 2 is 2.03 bits per heavy atom. The van der Waals surface area contributed by atoms with Crippen LogP contribution < -0.4 is 16.4 Å². The number of fused-ring (bicyclic) bond motifs is 1. The zero-order valence-electron chi connectivity index (χ0n) is 19.4. The Kier molecular flexibility index (Phi) is 7.10. The minimum atomic E-state index is -1.15. The van der Waals surface area contributed by atoms with Gasteiger partial charge >= 0.3 is 0 Å². The second-order valence-electron chi connectivity index (χ2n) is 9.45. The standard InChI is InChI=1S/C22H32FN7O2Si/c1-33(2,3)11-10-32-14-26-17-12-25-22(29-21(17)27-16-6-8-31-9-7-16)19-20(24)28-18-5-4-15(23)13-30(18)19/h4-5,12-13,16,26H,6-11,14,24H2,1-3H3,(H,25,27,29). The van der Waals surface area contributed by atoms with Gasteiger partial charge in [0, 0.05) is 40.1 Å². The summed E-state index contributed by atoms with van der Waals surface area (Å²) in [4.78, 5) is 13.6. The van der Waals surface area contributed by atoms with E-state index in [1.165, 1.54) is 12.3 Å². The number of pyridine rings is 1. The Morgan fingerprint density at radius 1 is 1.24 bits per heavy atom. The number of nitrogens with zero attached hydrogens (tertiary/aromatic N) is 4. The molecule has 0 radical (unpaired) electrons. The predicted octanol–water partition coefficient (Wildman–Crippen LogP) is 3.83. The molecule has 4 heterocycles. The van der Waals surface area contributed by atoms with Crippen LogP contribution in [0, 0.1) is 5.82 Å². The summed E-state index contributed by atoms with van der Waals surface area (Å²) in [5.41, 5.74) is 7.87. The van der Waals surface area contributed by atoms with Crippen molar-refractivity contribution in [3.05, 3.63) is 30.3 Å². The lowest BCUT2D eigenvalue weighted by Crippen LogP contribution is -2.29. The van der Waals surface area contributed by atoms with Gasteiger partial charge in [-0.3, -0.25) is 4.40 Å². The van der Waals surface area contributed by atoms with Crippen molar-refractivity contribution in [2.75, 3.05) is 42.9 Å². The van der Waals surface area contributed by atoms with Gasteiger partial charge in [-0.25, -0.2) is 19.3 Å². The monoisotopic (exact) mass is 473 g/mol. The van der Waals surface area contributed by atoms with E-state index in [1.807, 2.05) is 0 Å². The van der Waals surface area contributed by atoms with Crippen LogP contribution in [0.2, 0.25) is 25.7 Å². The summed E-state index contributed by atoms with van der Waals surface area (Å²) >= 11 is 0. The molecule has 11 heteroatoms. The molecule has 0 atom stereocenters. The Morgan fingerprint density at radius 3 is 2.79 bits per heavy atom. The number of hydrogen-bond donors (Lipinski definition) is 3. The van der Waals surface area contributed by atoms with Gasteiger partial charge < -0.3 is 25.8 Å². The van der Waals surface area contributed by atoms with Crippen molar-refractivity contribution in [1.29, 1.82) is 0 Å². The van der Waals surface area contributed by atoms with Crippen LogP contribution in [0.25, 0.3) is 17.2 Å². The number of nitrogens with one attached hydrogen (secondary N) is 2. The maximum absolute atomic E-state index is 13.9. The molecule has 0 unspecified atom stereocenters. The lowest BCUT2D eigenvalue weighted by atomic mass is 10.1. The molecule has 33 heavy (non-hydrogen) atoms. The molecule has 1 aliphatic rings. The van der Waals surface area contributed by atoms with Gasteiger partial charge in [0.2, 0.25) is 0 Å². The van der Waals surface area contributed by atoms with Crippen molar-refractivity contribution >= 4 is 31.0 Å². The summed E-state index contributed by atoms with van der Waals surface area (Å²) in [5, 5.41) is 6.79. The first-order chi connectivity index (χ1) is 15.8. The first-order valence-corrected chi connectivity index (χ1v) is 15.0. The molecule has 178 valence electrons. The molecule has 0 amide bonds. The highest BCUT2D eigenvalue weighted by molar-refractivity contribution is 6.76. The van der Waals surface area contributed by atoms with Crippen LogP contribution in [0.15, 0.2) is 24.5 Å². The van der Waals surface area contributed by atoms with Crippen molar-refractivity contribution in [2.24, 2.45) is 0 Å². The molecule has 1 aliphatic heterocycles. The predicted molar refractivity (Wildman–Crippen MR) is 131 cm³/mol. The summed E-state index contributed by atoms with van der Waals surface area (Å²) in [6, 6.07) is 4.25. The average molecular weight is 474 g/mol. The van der Waals surface area contributed by atoms with Crippen molar-refractivity contribution < 1.29 is 13.9 Å². The third-order valence-electron chi connectivity index (χ3n) is 5.53. The minimum Gasteiger partial charge on any atom is -0.382 e. The number of imidazole rings is 1. The Labute approximate surface area is 193 Å². The molecule has 9 nitrogen and oxygen atoms in total. The van der Waals surface area contributed by atoms with E-state index in [9.17, 15) is 4.39 Å². The van der Waals surface area contributed by atoms with Gasteiger partial charge in [0.05, 0.1) is 11.9 Å². The molecule has 3 aromatic heterocycles. The number of ether oxygens (including phenoxy) is 2. The van der Waals surface area contributed by atoms with Gasteiger partial charge in [-0.15, -0.1) is 0 Å². The van der Waals surface area contributed by atoms with Gasteiger partial charge in [0.25, 0.3) is 0 Å². The molecule has 0 bridgehead atoms. The second kappa shape index (κ2) is 10.0. The van der Waals surface area contributed by atoms with Gasteiger partial charge in [-0.1, -0.05) is 19.6 Å². The van der Waals surface area contributed by atoms with Crippen LogP contribution in [0.4, 0.5) is 21.7 Å². The van der Waals surface area contributed by atoms with Crippen molar-refractivity contribution in [2.45, 2.75) is 44.6 Å². The normalized spacial score (nSPS) is 15.2. The Balaban J connectivity index is 1.58. The van der Waals surface area contributed by atoms with E-state index in [2.05, 4.69) is 40.2 Å². The van der Waals surface area contributed by atoms with E-state index in [0.717, 1.165) is 24.6 Å². The van der Waals surface area contributed by atoms with E-state index in [0.29, 0.717) is 49.5 Å². The molecule has 0 aromatic carbocycles. The number of hydrogen-bond acceptors (Lipinski definition) is 8. The van der Waals surface area contributed by atoms with Gasteiger partial charge in [0.15, 0.2) is 17.5 Å². The number of halogens is 1. The second-order valence-corrected chi connectivity index (χ2v) is 15.1. The smallest absolute Gasteiger partial charge is 0.182 e. The third kappa shape index (κ3) is 5.98. The molecule has 4 N–H and O–H groups in total. The molecule has 1 fully saturated rings. The van der Waals surface area contributed by atoms with E-state index < -0.39 is 13.9 Å². The maximum Gasteiger partial charge on any atom is 0.182 e. The SMILES string of the molecule is C[Si](C)(C)CCOCNc1cnc(-c2c(N)nc3ccc(F)cn23)nc1NC1CCOCC1. The zero-order chi connectivity index (χ0) is 23.4. The molecule has 0 aliphatic carbocycles. The number of rotatable bonds is 9. The van der Waals surface area contributed by atoms with Crippen molar-refractivity contribution in [3.8, 4) is 11.5 Å². The Bertz CT molecular complexity index is 1100. The van der Waals surface area contributed by atoms with Gasteiger partial charge in [-0.05, 0) is 31.0 Å². The third-order valence-corrected chi connectivity index (χ3v) is 7.24. The zero-order valence-corrected chi connectivity index (χ0v) is 20.4. The molecule has 3 aromatic rings. The lowest BCUT2D eigenvalue weighted by Gasteiger charge is -2.25. The highest BCUT2D eigenvalue weighted by atomic mass is 28.3. The average Bonchev–Trinajstić information content (AvgIpc) is 3.09. The van der Waals surface area contributed by atoms with E-state index in [-0.39, 0.29) is 11.9 Å². The fourth-order valence-electron chi connectivity index (χ4n) is 3.61. The fraction of sp³-hybridized carbons (Fsp3) is 0.500. The van der Waals surface area contributed by atoms with E-state index >= 15 is 0 Å². The summed E-state index contributed by atoms with van der Waals surface area (Å²) < 4.78 is 26.7. The van der Waals surface area contributed by atoms with Crippen LogP contribution in [0.5, 0.6) is 0 Å². The molecular weight excluding hydrogens is 441 g/mol. The first kappa shape index (κ1) is 23.4. The molecule has 4 rings (SSSR count). The van der Waals surface area contributed by atoms with Gasteiger partial charge in [0.1, 0.15) is 23.9 Å². The van der Waals surface area contributed by atoms with E-state index in [4.69, 9.17) is 20.2 Å². The highest BCUT2D eigenvalue weighted by Crippen LogP contribution is 2.29. The number of nitrogen functional groups attached to an aromatic ring is 1. The topological polar surface area (TPSA) is 112 Å². The summed E-state index contributed by atoms with van der Waals surface area (Å²) in [6.07, 6.45) is 4.80. The number of nitrogens with two attached hydrogens (primary N) is 1. The van der Waals surface area contributed by atoms with Crippen molar-refractivity contribution in [3.63, 3.8) is 0 Å². The fourth-order valence-corrected chi connectivity index (χ4v) is 4.37. The number of aromatic nitrogens is 4. The summed E-state index contributed by atoms with van der Waals surface area (Å²) in [5.74, 6) is 0.861. The Hall–Kier alpha value is -2.76. The van der Waals surface area contributed by atoms with Crippen LogP contribution in [-0.4, -0.2) is 60.0 Å².